The Morgan fingerprint density at radius 3 is 2.68 bits per heavy atom. The van der Waals surface area contributed by atoms with E-state index in [4.69, 9.17) is 9.47 Å². The zero-order valence-electron chi connectivity index (χ0n) is 13.2. The predicted octanol–water partition coefficient (Wildman–Crippen LogP) is 2.22. The molecule has 1 N–H and O–H groups in total. The Morgan fingerprint density at radius 2 is 2.09 bits per heavy atom. The predicted molar refractivity (Wildman–Crippen MR) is 80.2 cm³/mol. The van der Waals surface area contributed by atoms with Gasteiger partial charge in [0.2, 0.25) is 0 Å². The third kappa shape index (κ3) is 5.35. The fourth-order valence-electron chi connectivity index (χ4n) is 2.15. The van der Waals surface area contributed by atoms with Crippen molar-refractivity contribution in [3.63, 3.8) is 0 Å². The number of carbonyl (C=O) groups is 2. The van der Waals surface area contributed by atoms with Crippen LogP contribution in [0.15, 0.2) is 24.5 Å². The molecule has 1 amide bonds. The van der Waals surface area contributed by atoms with E-state index in [0.717, 1.165) is 5.56 Å². The van der Waals surface area contributed by atoms with Gasteiger partial charge in [-0.25, -0.2) is 4.79 Å². The van der Waals surface area contributed by atoms with Crippen molar-refractivity contribution in [1.29, 1.82) is 0 Å². The molecule has 1 aromatic heterocycles. The van der Waals surface area contributed by atoms with Gasteiger partial charge in [0.05, 0.1) is 6.42 Å². The number of hydrogen-bond acceptors (Lipinski definition) is 5. The summed E-state index contributed by atoms with van der Waals surface area (Å²) in [6, 6.07) is 3.63. The number of pyridine rings is 1. The molecule has 6 nitrogen and oxygen atoms in total. The van der Waals surface area contributed by atoms with E-state index in [1.54, 1.807) is 18.5 Å². The quantitative estimate of drug-likeness (QED) is 0.863. The van der Waals surface area contributed by atoms with Crippen LogP contribution in [0.3, 0.4) is 0 Å². The zero-order chi connectivity index (χ0) is 16.2. The van der Waals surface area contributed by atoms with Crippen LogP contribution in [-0.4, -0.2) is 34.8 Å². The maximum Gasteiger partial charge on any atom is 0.407 e. The summed E-state index contributed by atoms with van der Waals surface area (Å²) in [4.78, 5) is 27.3. The molecule has 0 spiro atoms. The van der Waals surface area contributed by atoms with Gasteiger partial charge in [0, 0.05) is 31.3 Å². The summed E-state index contributed by atoms with van der Waals surface area (Å²) in [5, 5.41) is 2.76. The lowest BCUT2D eigenvalue weighted by atomic mass is 9.89. The number of ether oxygens (including phenoxy) is 2. The SMILES string of the molecule is CC(C)(C)OC(=O)NC1CC(OC(=O)Cc2cccnc2)C1. The van der Waals surface area contributed by atoms with Gasteiger partial charge in [-0.2, -0.15) is 0 Å². The molecule has 0 aliphatic heterocycles. The maximum atomic E-state index is 11.8. The molecule has 22 heavy (non-hydrogen) atoms. The molecule has 0 aromatic carbocycles. The highest BCUT2D eigenvalue weighted by Gasteiger charge is 2.34. The zero-order valence-corrected chi connectivity index (χ0v) is 13.2. The topological polar surface area (TPSA) is 77.5 Å². The highest BCUT2D eigenvalue weighted by atomic mass is 16.6. The number of amides is 1. The van der Waals surface area contributed by atoms with Crippen LogP contribution in [0.25, 0.3) is 0 Å². The van der Waals surface area contributed by atoms with Crippen molar-refractivity contribution in [3.05, 3.63) is 30.1 Å². The van der Waals surface area contributed by atoms with Gasteiger partial charge >= 0.3 is 12.1 Å². The monoisotopic (exact) mass is 306 g/mol. The lowest BCUT2D eigenvalue weighted by Gasteiger charge is -2.35. The number of esters is 1. The van der Waals surface area contributed by atoms with Crippen LogP contribution >= 0.6 is 0 Å². The molecular formula is C16H22N2O4. The van der Waals surface area contributed by atoms with E-state index >= 15 is 0 Å². The third-order valence-corrected chi connectivity index (χ3v) is 3.19. The van der Waals surface area contributed by atoms with Gasteiger partial charge in [0.15, 0.2) is 0 Å². The molecule has 0 saturated heterocycles. The molecule has 2 rings (SSSR count). The van der Waals surface area contributed by atoms with Crippen molar-refractivity contribution < 1.29 is 19.1 Å². The molecule has 1 saturated carbocycles. The second kappa shape index (κ2) is 6.77. The maximum absolute atomic E-state index is 11.8. The minimum absolute atomic E-state index is 0.00559. The number of aromatic nitrogens is 1. The van der Waals surface area contributed by atoms with Crippen molar-refractivity contribution in [2.75, 3.05) is 0 Å². The lowest BCUT2D eigenvalue weighted by Crippen LogP contribution is -2.49. The van der Waals surface area contributed by atoms with Gasteiger partial charge < -0.3 is 14.8 Å². The normalized spacial score (nSPS) is 20.7. The smallest absolute Gasteiger partial charge is 0.407 e. The standard InChI is InChI=1S/C16H22N2O4/c1-16(2,3)22-15(20)18-12-8-13(9-12)21-14(19)7-11-5-4-6-17-10-11/h4-6,10,12-13H,7-9H2,1-3H3,(H,18,20). The van der Waals surface area contributed by atoms with Crippen molar-refractivity contribution in [3.8, 4) is 0 Å². The lowest BCUT2D eigenvalue weighted by molar-refractivity contribution is -0.153. The van der Waals surface area contributed by atoms with Crippen LogP contribution in [0.2, 0.25) is 0 Å². The van der Waals surface area contributed by atoms with Crippen LogP contribution in [0.4, 0.5) is 4.79 Å². The number of nitrogens with zero attached hydrogens (tertiary/aromatic N) is 1. The van der Waals surface area contributed by atoms with Crippen molar-refractivity contribution >= 4 is 12.1 Å². The van der Waals surface area contributed by atoms with E-state index in [0.29, 0.717) is 12.8 Å². The first kappa shape index (κ1) is 16.3. The van der Waals surface area contributed by atoms with Gasteiger partial charge in [-0.05, 0) is 32.4 Å². The molecule has 0 unspecified atom stereocenters. The van der Waals surface area contributed by atoms with E-state index in [1.807, 2.05) is 26.8 Å². The highest BCUT2D eigenvalue weighted by molar-refractivity contribution is 5.72. The third-order valence-electron chi connectivity index (χ3n) is 3.19. The Balaban J connectivity index is 1.65. The molecule has 1 fully saturated rings. The van der Waals surface area contributed by atoms with Gasteiger partial charge in [0.25, 0.3) is 0 Å². The van der Waals surface area contributed by atoms with Gasteiger partial charge in [-0.15, -0.1) is 0 Å². The summed E-state index contributed by atoms with van der Waals surface area (Å²) in [5.74, 6) is -0.270. The molecule has 6 heteroatoms. The van der Waals surface area contributed by atoms with Crippen LogP contribution in [0.1, 0.15) is 39.2 Å². The van der Waals surface area contributed by atoms with Gasteiger partial charge in [-0.1, -0.05) is 6.07 Å². The molecule has 1 heterocycles. The van der Waals surface area contributed by atoms with Crippen LogP contribution < -0.4 is 5.32 Å². The molecule has 0 atom stereocenters. The number of hydrogen-bond donors (Lipinski definition) is 1. The first-order valence-corrected chi connectivity index (χ1v) is 7.40. The van der Waals surface area contributed by atoms with Crippen molar-refractivity contribution in [2.45, 2.75) is 57.8 Å². The van der Waals surface area contributed by atoms with E-state index in [9.17, 15) is 9.59 Å². The molecular weight excluding hydrogens is 284 g/mol. The second-order valence-corrected chi connectivity index (χ2v) is 6.46. The van der Waals surface area contributed by atoms with E-state index in [1.165, 1.54) is 0 Å². The molecule has 1 aliphatic rings. The number of rotatable bonds is 4. The Hall–Kier alpha value is -2.11. The molecule has 0 radical (unpaired) electrons. The Morgan fingerprint density at radius 1 is 1.36 bits per heavy atom. The average molecular weight is 306 g/mol. The number of carbonyl (C=O) groups excluding carboxylic acids is 2. The molecule has 1 aliphatic carbocycles. The molecule has 120 valence electrons. The minimum atomic E-state index is -0.510. The van der Waals surface area contributed by atoms with Crippen LogP contribution in [-0.2, 0) is 20.7 Å². The molecule has 1 aromatic rings. The highest BCUT2D eigenvalue weighted by Crippen LogP contribution is 2.24. The summed E-state index contributed by atoms with van der Waals surface area (Å²) in [6.45, 7) is 5.45. The van der Waals surface area contributed by atoms with E-state index in [2.05, 4.69) is 10.3 Å². The molecule has 0 bridgehead atoms. The Labute approximate surface area is 130 Å². The van der Waals surface area contributed by atoms with Crippen LogP contribution in [0, 0.1) is 0 Å². The first-order valence-electron chi connectivity index (χ1n) is 7.40. The van der Waals surface area contributed by atoms with Crippen molar-refractivity contribution in [2.24, 2.45) is 0 Å². The summed E-state index contributed by atoms with van der Waals surface area (Å²) in [7, 11) is 0. The Kier molecular flexibility index (Phi) is 5.00. The van der Waals surface area contributed by atoms with E-state index in [-0.39, 0.29) is 24.5 Å². The first-order chi connectivity index (χ1) is 10.3. The average Bonchev–Trinajstić information content (AvgIpc) is 2.35. The summed E-state index contributed by atoms with van der Waals surface area (Å²) in [5.41, 5.74) is 0.318. The fraction of sp³-hybridized carbons (Fsp3) is 0.562. The minimum Gasteiger partial charge on any atom is -0.462 e. The van der Waals surface area contributed by atoms with Crippen LogP contribution in [0.5, 0.6) is 0 Å². The van der Waals surface area contributed by atoms with E-state index < -0.39 is 11.7 Å². The fourth-order valence-corrected chi connectivity index (χ4v) is 2.15. The van der Waals surface area contributed by atoms with Gasteiger partial charge in [-0.3, -0.25) is 9.78 Å². The Bertz CT molecular complexity index is 519. The second-order valence-electron chi connectivity index (χ2n) is 6.46. The number of alkyl carbamates (subject to hydrolysis) is 1. The summed E-state index contributed by atoms with van der Waals surface area (Å²) >= 11 is 0. The largest absolute Gasteiger partial charge is 0.462 e. The summed E-state index contributed by atoms with van der Waals surface area (Å²) < 4.78 is 10.5. The summed E-state index contributed by atoms with van der Waals surface area (Å²) in [6.07, 6.45) is 4.20. The van der Waals surface area contributed by atoms with Gasteiger partial charge in [0.1, 0.15) is 11.7 Å². The number of nitrogens with one attached hydrogen (secondary N) is 1. The van der Waals surface area contributed by atoms with Crippen molar-refractivity contribution in [1.82, 2.24) is 10.3 Å².